The molecule has 1 aliphatic carbocycles. The summed E-state index contributed by atoms with van der Waals surface area (Å²) < 4.78 is 29.3. The van der Waals surface area contributed by atoms with Gasteiger partial charge in [0.05, 0.1) is 5.88 Å². The lowest BCUT2D eigenvalue weighted by molar-refractivity contribution is 0.268. The Labute approximate surface area is 125 Å². The van der Waals surface area contributed by atoms with Gasteiger partial charge in [-0.1, -0.05) is 6.42 Å². The van der Waals surface area contributed by atoms with E-state index in [1.165, 1.54) is 0 Å². The molecular formula is C14H21ClN2O2S. The highest BCUT2D eigenvalue weighted by molar-refractivity contribution is 7.89. The van der Waals surface area contributed by atoms with E-state index in [1.807, 2.05) is 6.92 Å². The van der Waals surface area contributed by atoms with E-state index < -0.39 is 10.0 Å². The number of hydrogen-bond acceptors (Lipinski definition) is 2. The van der Waals surface area contributed by atoms with Gasteiger partial charge >= 0.3 is 0 Å². The second-order valence-electron chi connectivity index (χ2n) is 5.90. The Balaban J connectivity index is 1.94. The molecular weight excluding hydrogens is 296 g/mol. The number of alkyl halides is 1. The molecule has 0 N–H and O–H groups in total. The van der Waals surface area contributed by atoms with Crippen molar-refractivity contribution in [3.05, 3.63) is 18.0 Å². The summed E-state index contributed by atoms with van der Waals surface area (Å²) in [6, 6.07) is 2.30. The molecule has 1 atom stereocenters. The number of halogens is 1. The van der Waals surface area contributed by atoms with E-state index in [0.717, 1.165) is 37.8 Å². The molecule has 2 heterocycles. The quantitative estimate of drug-likeness (QED) is 0.801. The molecule has 2 fully saturated rings. The van der Waals surface area contributed by atoms with Crippen LogP contribution in [0.15, 0.2) is 17.2 Å². The molecule has 1 aromatic rings. The van der Waals surface area contributed by atoms with E-state index in [9.17, 15) is 8.42 Å². The van der Waals surface area contributed by atoms with Gasteiger partial charge in [0.15, 0.2) is 0 Å². The van der Waals surface area contributed by atoms with Crippen LogP contribution >= 0.6 is 11.6 Å². The topological polar surface area (TPSA) is 42.3 Å². The lowest BCUT2D eigenvalue weighted by atomic mass is 10.1. The Bertz CT molecular complexity index is 592. The van der Waals surface area contributed by atoms with Crippen molar-refractivity contribution < 1.29 is 8.42 Å². The van der Waals surface area contributed by atoms with Gasteiger partial charge in [-0.25, -0.2) is 8.42 Å². The Kier molecular flexibility index (Phi) is 3.86. The first-order valence-corrected chi connectivity index (χ1v) is 9.30. The van der Waals surface area contributed by atoms with Crippen LogP contribution in [-0.2, 0) is 15.9 Å². The fraction of sp³-hybridized carbons (Fsp3) is 0.714. The van der Waals surface area contributed by atoms with Gasteiger partial charge in [-0.3, -0.25) is 0 Å². The predicted molar refractivity (Wildman–Crippen MR) is 79.5 cm³/mol. The summed E-state index contributed by atoms with van der Waals surface area (Å²) in [5.41, 5.74) is 0.914. The number of sulfonamides is 1. The third-order valence-electron chi connectivity index (χ3n) is 4.33. The zero-order valence-corrected chi connectivity index (χ0v) is 13.3. The Morgan fingerprint density at radius 2 is 2.05 bits per heavy atom. The monoisotopic (exact) mass is 316 g/mol. The third-order valence-corrected chi connectivity index (χ3v) is 6.59. The van der Waals surface area contributed by atoms with Crippen molar-refractivity contribution in [1.82, 2.24) is 8.87 Å². The van der Waals surface area contributed by atoms with E-state index in [1.54, 1.807) is 16.6 Å². The maximum absolute atomic E-state index is 12.8. The molecule has 20 heavy (non-hydrogen) atoms. The van der Waals surface area contributed by atoms with Crippen LogP contribution in [0.2, 0.25) is 0 Å². The van der Waals surface area contributed by atoms with Gasteiger partial charge < -0.3 is 4.57 Å². The minimum Gasteiger partial charge on any atom is -0.346 e. The van der Waals surface area contributed by atoms with Gasteiger partial charge in [0.25, 0.3) is 0 Å². The minimum absolute atomic E-state index is 0.0949. The summed E-state index contributed by atoms with van der Waals surface area (Å²) in [5.74, 6) is 0.363. The van der Waals surface area contributed by atoms with Crippen molar-refractivity contribution in [3.63, 3.8) is 0 Å². The van der Waals surface area contributed by atoms with Crippen LogP contribution in [0.25, 0.3) is 0 Å². The van der Waals surface area contributed by atoms with Crippen LogP contribution in [0.5, 0.6) is 0 Å². The fourth-order valence-corrected chi connectivity index (χ4v) is 4.97. The molecule has 6 heteroatoms. The summed E-state index contributed by atoms with van der Waals surface area (Å²) in [6.07, 6.45) is 7.05. The van der Waals surface area contributed by atoms with Crippen LogP contribution in [0.1, 0.15) is 50.8 Å². The van der Waals surface area contributed by atoms with Gasteiger partial charge in [-0.2, -0.15) is 4.31 Å². The maximum Gasteiger partial charge on any atom is 0.244 e. The first kappa shape index (κ1) is 14.4. The van der Waals surface area contributed by atoms with E-state index in [-0.39, 0.29) is 6.04 Å². The van der Waals surface area contributed by atoms with Gasteiger partial charge in [0, 0.05) is 30.5 Å². The standard InChI is InChI=1S/C14H21ClN2O2S/c1-11-4-2-3-7-17(11)20(18,19)14-8-13(9-15)16(10-14)12-5-6-12/h8,10-12H,2-7,9H2,1H3. The van der Waals surface area contributed by atoms with E-state index in [2.05, 4.69) is 4.57 Å². The lowest BCUT2D eigenvalue weighted by Crippen LogP contribution is -2.41. The lowest BCUT2D eigenvalue weighted by Gasteiger charge is -2.31. The maximum atomic E-state index is 12.8. The molecule has 1 saturated carbocycles. The summed E-state index contributed by atoms with van der Waals surface area (Å²) >= 11 is 5.95. The van der Waals surface area contributed by atoms with Crippen molar-refractivity contribution in [2.75, 3.05) is 6.54 Å². The van der Waals surface area contributed by atoms with Gasteiger partial charge in [-0.15, -0.1) is 11.6 Å². The minimum atomic E-state index is -3.37. The van der Waals surface area contributed by atoms with Crippen LogP contribution in [0.3, 0.4) is 0 Å². The van der Waals surface area contributed by atoms with Crippen molar-refractivity contribution in [3.8, 4) is 0 Å². The second-order valence-corrected chi connectivity index (χ2v) is 8.06. The highest BCUT2D eigenvalue weighted by atomic mass is 35.5. The highest BCUT2D eigenvalue weighted by Gasteiger charge is 2.34. The average molecular weight is 317 g/mol. The molecule has 112 valence electrons. The number of nitrogens with zero attached hydrogens (tertiary/aromatic N) is 2. The molecule has 1 unspecified atom stereocenters. The molecule has 1 saturated heterocycles. The van der Waals surface area contributed by atoms with Crippen molar-refractivity contribution in [1.29, 1.82) is 0 Å². The summed E-state index contributed by atoms with van der Waals surface area (Å²) in [6.45, 7) is 2.63. The first-order valence-electron chi connectivity index (χ1n) is 7.32. The van der Waals surface area contributed by atoms with Gasteiger partial charge in [-0.05, 0) is 38.7 Å². The molecule has 0 aromatic carbocycles. The molecule has 3 rings (SSSR count). The zero-order valence-electron chi connectivity index (χ0n) is 11.8. The summed E-state index contributed by atoms with van der Waals surface area (Å²) in [7, 11) is -3.37. The molecule has 2 aliphatic rings. The van der Waals surface area contributed by atoms with Crippen molar-refractivity contribution in [2.45, 2.75) is 61.9 Å². The first-order chi connectivity index (χ1) is 9.54. The number of hydrogen-bond donors (Lipinski definition) is 0. The Morgan fingerprint density at radius 1 is 1.30 bits per heavy atom. The highest BCUT2D eigenvalue weighted by Crippen LogP contribution is 2.38. The van der Waals surface area contributed by atoms with E-state index >= 15 is 0 Å². The molecule has 4 nitrogen and oxygen atoms in total. The zero-order chi connectivity index (χ0) is 14.3. The Hall–Kier alpha value is -0.520. The number of piperidine rings is 1. The largest absolute Gasteiger partial charge is 0.346 e. The van der Waals surface area contributed by atoms with Crippen molar-refractivity contribution in [2.24, 2.45) is 0 Å². The summed E-state index contributed by atoms with van der Waals surface area (Å²) in [5, 5.41) is 0. The molecule has 0 amide bonds. The Morgan fingerprint density at radius 3 is 2.65 bits per heavy atom. The normalized spacial score (nSPS) is 25.0. The van der Waals surface area contributed by atoms with E-state index in [0.29, 0.717) is 23.4 Å². The van der Waals surface area contributed by atoms with Crippen LogP contribution in [0.4, 0.5) is 0 Å². The molecule has 0 bridgehead atoms. The number of aromatic nitrogens is 1. The van der Waals surface area contributed by atoms with Crippen LogP contribution in [0, 0.1) is 0 Å². The smallest absolute Gasteiger partial charge is 0.244 e. The molecule has 0 spiro atoms. The SMILES string of the molecule is CC1CCCCN1S(=O)(=O)c1cc(CCl)n(C2CC2)c1. The van der Waals surface area contributed by atoms with Crippen molar-refractivity contribution >= 4 is 21.6 Å². The molecule has 0 radical (unpaired) electrons. The van der Waals surface area contributed by atoms with Gasteiger partial charge in [0.2, 0.25) is 10.0 Å². The van der Waals surface area contributed by atoms with Crippen LogP contribution in [-0.4, -0.2) is 29.9 Å². The summed E-state index contributed by atoms with van der Waals surface area (Å²) in [4.78, 5) is 0.411. The third kappa shape index (κ3) is 2.51. The molecule has 1 aromatic heterocycles. The van der Waals surface area contributed by atoms with Crippen LogP contribution < -0.4 is 0 Å². The van der Waals surface area contributed by atoms with Gasteiger partial charge in [0.1, 0.15) is 4.90 Å². The average Bonchev–Trinajstić information content (AvgIpc) is 3.17. The predicted octanol–water partition coefficient (Wildman–Crippen LogP) is 3.12. The fourth-order valence-electron chi connectivity index (χ4n) is 3.00. The number of rotatable bonds is 4. The molecule has 1 aliphatic heterocycles. The second kappa shape index (κ2) is 5.35. The van der Waals surface area contributed by atoms with E-state index in [4.69, 9.17) is 11.6 Å².